The maximum absolute atomic E-state index is 10.3. The molecule has 0 aliphatic heterocycles. The van der Waals surface area contributed by atoms with Crippen molar-refractivity contribution >= 4 is 17.0 Å². The third kappa shape index (κ3) is 2.86. The molecular weight excluding hydrogens is 270 g/mol. The van der Waals surface area contributed by atoms with E-state index in [1.54, 1.807) is 6.07 Å². The van der Waals surface area contributed by atoms with Gasteiger partial charge in [-0.3, -0.25) is 4.99 Å². The zero-order chi connectivity index (χ0) is 15.4. The molecule has 0 amide bonds. The lowest BCUT2D eigenvalue weighted by molar-refractivity contribution is 0.462. The number of hydrogen-bond acceptors (Lipinski definition) is 2. The van der Waals surface area contributed by atoms with Crippen LogP contribution in [-0.4, -0.2) is 11.3 Å². The van der Waals surface area contributed by atoms with Crippen molar-refractivity contribution in [3.05, 3.63) is 77.9 Å². The van der Waals surface area contributed by atoms with Crippen LogP contribution in [0.5, 0.6) is 5.75 Å². The minimum absolute atomic E-state index is 0.0497. The Morgan fingerprint density at radius 1 is 0.955 bits per heavy atom. The predicted octanol–water partition coefficient (Wildman–Crippen LogP) is 5.12. The van der Waals surface area contributed by atoms with Gasteiger partial charge in [-0.25, -0.2) is 0 Å². The number of phenols is 1. The van der Waals surface area contributed by atoms with Crippen molar-refractivity contribution in [2.45, 2.75) is 19.4 Å². The Morgan fingerprint density at radius 3 is 2.45 bits per heavy atom. The quantitative estimate of drug-likeness (QED) is 0.665. The van der Waals surface area contributed by atoms with Gasteiger partial charge in [-0.2, -0.15) is 0 Å². The highest BCUT2D eigenvalue weighted by molar-refractivity contribution is 5.88. The van der Waals surface area contributed by atoms with Crippen molar-refractivity contribution in [3.63, 3.8) is 0 Å². The van der Waals surface area contributed by atoms with Gasteiger partial charge in [-0.1, -0.05) is 67.6 Å². The second-order valence-electron chi connectivity index (χ2n) is 5.33. The molecule has 0 aliphatic rings. The summed E-state index contributed by atoms with van der Waals surface area (Å²) in [6, 6.07) is 21.8. The van der Waals surface area contributed by atoms with E-state index < -0.39 is 0 Å². The largest absolute Gasteiger partial charge is 0.508 e. The Hall–Kier alpha value is -2.61. The molecule has 2 heteroatoms. The van der Waals surface area contributed by atoms with Crippen LogP contribution < -0.4 is 0 Å². The van der Waals surface area contributed by atoms with Crippen LogP contribution in [0.25, 0.3) is 10.8 Å². The summed E-state index contributed by atoms with van der Waals surface area (Å²) in [6.07, 6.45) is 2.72. The summed E-state index contributed by atoms with van der Waals surface area (Å²) in [5.41, 5.74) is 1.98. The van der Waals surface area contributed by atoms with Gasteiger partial charge in [0.1, 0.15) is 5.75 Å². The van der Waals surface area contributed by atoms with Crippen molar-refractivity contribution < 1.29 is 5.11 Å². The van der Waals surface area contributed by atoms with Gasteiger partial charge >= 0.3 is 0 Å². The lowest BCUT2D eigenvalue weighted by Crippen LogP contribution is -1.97. The zero-order valence-electron chi connectivity index (χ0n) is 12.6. The second kappa shape index (κ2) is 6.44. The van der Waals surface area contributed by atoms with Gasteiger partial charge in [0.05, 0.1) is 6.04 Å². The smallest absolute Gasteiger partial charge is 0.121 e. The molecule has 0 aromatic heterocycles. The highest BCUT2D eigenvalue weighted by Crippen LogP contribution is 2.35. The number of nitrogens with zero attached hydrogens (tertiary/aromatic N) is 1. The first-order chi connectivity index (χ1) is 10.8. The Bertz CT molecular complexity index is 793. The molecule has 2 nitrogen and oxygen atoms in total. The van der Waals surface area contributed by atoms with Crippen molar-refractivity contribution in [2.24, 2.45) is 4.99 Å². The van der Waals surface area contributed by atoms with Crippen LogP contribution in [0, 0.1) is 0 Å². The van der Waals surface area contributed by atoms with Gasteiger partial charge in [-0.15, -0.1) is 0 Å². The number of hydrogen-bond donors (Lipinski definition) is 1. The molecule has 0 bridgehead atoms. The topological polar surface area (TPSA) is 32.6 Å². The summed E-state index contributed by atoms with van der Waals surface area (Å²) >= 11 is 0. The van der Waals surface area contributed by atoms with Gasteiger partial charge in [0, 0.05) is 11.8 Å². The van der Waals surface area contributed by atoms with E-state index >= 15 is 0 Å². The highest BCUT2D eigenvalue weighted by Gasteiger charge is 2.15. The van der Waals surface area contributed by atoms with Crippen LogP contribution in [0.1, 0.15) is 30.5 Å². The highest BCUT2D eigenvalue weighted by atomic mass is 16.3. The molecule has 22 heavy (non-hydrogen) atoms. The first-order valence-electron chi connectivity index (χ1n) is 7.58. The molecule has 3 aromatic carbocycles. The van der Waals surface area contributed by atoms with Crippen LogP contribution in [0.2, 0.25) is 0 Å². The van der Waals surface area contributed by atoms with Gasteiger partial charge in [-0.05, 0) is 28.8 Å². The zero-order valence-corrected chi connectivity index (χ0v) is 12.6. The van der Waals surface area contributed by atoms with Crippen molar-refractivity contribution in [2.75, 3.05) is 0 Å². The standard InChI is InChI=1S/C20H19NO/c1-2-18(21-14-15-8-4-3-5-9-15)20-17-11-7-6-10-16(17)12-13-19(20)22/h3-14,18,22H,2H2,1H3. The number of phenolic OH excluding ortho intramolecular Hbond substituents is 1. The Balaban J connectivity index is 2.04. The van der Waals surface area contributed by atoms with E-state index in [0.717, 1.165) is 28.3 Å². The number of benzene rings is 3. The molecule has 1 unspecified atom stereocenters. The fraction of sp³-hybridized carbons (Fsp3) is 0.150. The first kappa shape index (κ1) is 14.3. The van der Waals surface area contributed by atoms with Crippen LogP contribution >= 0.6 is 0 Å². The second-order valence-corrected chi connectivity index (χ2v) is 5.33. The third-order valence-corrected chi connectivity index (χ3v) is 3.87. The average molecular weight is 289 g/mol. The Morgan fingerprint density at radius 2 is 1.68 bits per heavy atom. The first-order valence-corrected chi connectivity index (χ1v) is 7.58. The lowest BCUT2D eigenvalue weighted by atomic mass is 9.96. The molecule has 0 aliphatic carbocycles. The molecule has 0 spiro atoms. The van der Waals surface area contributed by atoms with E-state index in [1.165, 1.54) is 0 Å². The van der Waals surface area contributed by atoms with Crippen molar-refractivity contribution in [1.82, 2.24) is 0 Å². The molecule has 0 saturated carbocycles. The average Bonchev–Trinajstić information content (AvgIpc) is 2.58. The summed E-state index contributed by atoms with van der Waals surface area (Å²) in [4.78, 5) is 4.71. The van der Waals surface area contributed by atoms with Crippen LogP contribution in [0.15, 0.2) is 71.7 Å². The molecule has 110 valence electrons. The Labute approximate surface area is 130 Å². The minimum Gasteiger partial charge on any atom is -0.508 e. The number of rotatable bonds is 4. The molecule has 1 atom stereocenters. The van der Waals surface area contributed by atoms with Crippen LogP contribution in [0.4, 0.5) is 0 Å². The molecule has 0 heterocycles. The van der Waals surface area contributed by atoms with Crippen LogP contribution in [-0.2, 0) is 0 Å². The van der Waals surface area contributed by atoms with E-state index in [4.69, 9.17) is 4.99 Å². The summed E-state index contributed by atoms with van der Waals surface area (Å²) in [7, 11) is 0. The molecule has 3 rings (SSSR count). The number of aromatic hydroxyl groups is 1. The summed E-state index contributed by atoms with van der Waals surface area (Å²) in [5.74, 6) is 0.316. The van der Waals surface area contributed by atoms with E-state index in [2.05, 4.69) is 13.0 Å². The van der Waals surface area contributed by atoms with Crippen molar-refractivity contribution in [3.8, 4) is 5.75 Å². The van der Waals surface area contributed by atoms with E-state index in [0.29, 0.717) is 5.75 Å². The summed E-state index contributed by atoms with van der Waals surface area (Å²) in [5, 5.41) is 12.5. The fourth-order valence-electron chi connectivity index (χ4n) is 2.73. The van der Waals surface area contributed by atoms with Crippen molar-refractivity contribution in [1.29, 1.82) is 0 Å². The normalized spacial score (nSPS) is 12.8. The maximum atomic E-state index is 10.3. The van der Waals surface area contributed by atoms with E-state index in [9.17, 15) is 5.11 Å². The van der Waals surface area contributed by atoms with Gasteiger partial charge < -0.3 is 5.11 Å². The molecule has 0 fully saturated rings. The monoisotopic (exact) mass is 289 g/mol. The summed E-state index contributed by atoms with van der Waals surface area (Å²) in [6.45, 7) is 2.09. The molecular formula is C20H19NO. The fourth-order valence-corrected chi connectivity index (χ4v) is 2.73. The van der Waals surface area contributed by atoms with Gasteiger partial charge in [0.2, 0.25) is 0 Å². The summed E-state index contributed by atoms with van der Waals surface area (Å²) < 4.78 is 0. The number of aliphatic imine (C=N–C) groups is 1. The van der Waals surface area contributed by atoms with Gasteiger partial charge in [0.25, 0.3) is 0 Å². The molecule has 0 radical (unpaired) electrons. The SMILES string of the molecule is CCC(N=Cc1ccccc1)c1c(O)ccc2ccccc12. The minimum atomic E-state index is -0.0497. The molecule has 0 saturated heterocycles. The van der Waals surface area contributed by atoms with Crippen LogP contribution in [0.3, 0.4) is 0 Å². The molecule has 1 N–H and O–H groups in total. The lowest BCUT2D eigenvalue weighted by Gasteiger charge is -2.15. The predicted molar refractivity (Wildman–Crippen MR) is 92.7 cm³/mol. The molecule has 3 aromatic rings. The third-order valence-electron chi connectivity index (χ3n) is 3.87. The maximum Gasteiger partial charge on any atom is 0.121 e. The van der Waals surface area contributed by atoms with E-state index in [1.807, 2.05) is 60.8 Å². The van der Waals surface area contributed by atoms with E-state index in [-0.39, 0.29) is 6.04 Å². The van der Waals surface area contributed by atoms with Gasteiger partial charge in [0.15, 0.2) is 0 Å². The number of fused-ring (bicyclic) bond motifs is 1. The Kier molecular flexibility index (Phi) is 4.19.